The predicted molar refractivity (Wildman–Crippen MR) is 81.0 cm³/mol. The van der Waals surface area contributed by atoms with Crippen molar-refractivity contribution in [2.45, 2.75) is 32.1 Å². The van der Waals surface area contributed by atoms with E-state index in [1.165, 1.54) is 19.3 Å². The van der Waals surface area contributed by atoms with Crippen LogP contribution in [0.4, 0.5) is 0 Å². The van der Waals surface area contributed by atoms with Crippen LogP contribution in [-0.2, 0) is 11.2 Å². The van der Waals surface area contributed by atoms with E-state index in [1.807, 2.05) is 24.3 Å². The number of nitrogens with one attached hydrogen (secondary N) is 1. The molecule has 3 N–H and O–H groups in total. The third-order valence-corrected chi connectivity index (χ3v) is 3.94. The summed E-state index contributed by atoms with van der Waals surface area (Å²) in [5, 5.41) is 2.98. The molecule has 1 aliphatic carbocycles. The molecule has 0 atom stereocenters. The van der Waals surface area contributed by atoms with Crippen LogP contribution in [0.3, 0.4) is 0 Å². The molecule has 1 fully saturated rings. The molecule has 2 rings (SSSR count). The summed E-state index contributed by atoms with van der Waals surface area (Å²) in [6.45, 7) is 0.800. The van der Waals surface area contributed by atoms with Crippen LogP contribution in [0.1, 0.15) is 36.8 Å². The van der Waals surface area contributed by atoms with E-state index in [9.17, 15) is 4.79 Å². The summed E-state index contributed by atoms with van der Waals surface area (Å²) in [5.41, 5.74) is 7.35. The Kier molecular flexibility index (Phi) is 4.91. The van der Waals surface area contributed by atoms with Crippen LogP contribution >= 0.6 is 12.2 Å². The van der Waals surface area contributed by atoms with Crippen molar-refractivity contribution in [3.8, 4) is 0 Å². The first-order chi connectivity index (χ1) is 9.15. The highest BCUT2D eigenvalue weighted by Crippen LogP contribution is 2.28. The molecular formula is C15H20N2OS. The zero-order valence-electron chi connectivity index (χ0n) is 11.0. The Morgan fingerprint density at radius 1 is 1.32 bits per heavy atom. The Morgan fingerprint density at radius 3 is 2.53 bits per heavy atom. The monoisotopic (exact) mass is 276 g/mol. The van der Waals surface area contributed by atoms with Gasteiger partial charge in [-0.2, -0.15) is 0 Å². The predicted octanol–water partition coefficient (Wildman–Crippen LogP) is 2.17. The van der Waals surface area contributed by atoms with Crippen molar-refractivity contribution in [3.05, 3.63) is 35.4 Å². The lowest BCUT2D eigenvalue weighted by Crippen LogP contribution is -2.28. The summed E-state index contributed by atoms with van der Waals surface area (Å²) in [6.07, 6.45) is 5.55. The van der Waals surface area contributed by atoms with Crippen LogP contribution in [0.25, 0.3) is 0 Å². The second-order valence-electron chi connectivity index (χ2n) is 5.17. The Hall–Kier alpha value is -1.42. The maximum absolute atomic E-state index is 11.8. The number of rotatable bonds is 6. The number of carbonyl (C=O) groups is 1. The Balaban J connectivity index is 1.73. The summed E-state index contributed by atoms with van der Waals surface area (Å²) in [6, 6.07) is 7.53. The molecule has 3 nitrogen and oxygen atoms in total. The SMILES string of the molecule is NC(=S)c1ccc(CC(=O)NCCC2CCC2)cc1. The largest absolute Gasteiger partial charge is 0.389 e. The van der Waals surface area contributed by atoms with Gasteiger partial charge in [0.25, 0.3) is 0 Å². The molecule has 1 amide bonds. The maximum atomic E-state index is 11.8. The van der Waals surface area contributed by atoms with E-state index >= 15 is 0 Å². The molecule has 1 aromatic rings. The van der Waals surface area contributed by atoms with Gasteiger partial charge in [-0.15, -0.1) is 0 Å². The van der Waals surface area contributed by atoms with Crippen LogP contribution in [0, 0.1) is 5.92 Å². The summed E-state index contributed by atoms with van der Waals surface area (Å²) in [5.74, 6) is 0.924. The third-order valence-electron chi connectivity index (χ3n) is 3.70. The molecule has 0 radical (unpaired) electrons. The van der Waals surface area contributed by atoms with E-state index in [0.717, 1.165) is 30.0 Å². The minimum absolute atomic E-state index is 0.0856. The Labute approximate surface area is 119 Å². The second kappa shape index (κ2) is 6.66. The van der Waals surface area contributed by atoms with Gasteiger partial charge in [0, 0.05) is 12.1 Å². The van der Waals surface area contributed by atoms with Gasteiger partial charge < -0.3 is 11.1 Å². The van der Waals surface area contributed by atoms with Gasteiger partial charge in [-0.1, -0.05) is 55.7 Å². The van der Waals surface area contributed by atoms with Crippen molar-refractivity contribution in [2.75, 3.05) is 6.54 Å². The quantitative estimate of drug-likeness (QED) is 0.783. The average Bonchev–Trinajstić information content (AvgIpc) is 2.33. The first kappa shape index (κ1) is 14.0. The molecule has 1 aromatic carbocycles. The Bertz CT molecular complexity index is 452. The normalized spacial score (nSPS) is 14.7. The summed E-state index contributed by atoms with van der Waals surface area (Å²) in [7, 11) is 0. The molecule has 0 unspecified atom stereocenters. The fourth-order valence-electron chi connectivity index (χ4n) is 2.23. The van der Waals surface area contributed by atoms with E-state index in [-0.39, 0.29) is 5.91 Å². The molecule has 0 aliphatic heterocycles. The van der Waals surface area contributed by atoms with Gasteiger partial charge in [-0.05, 0) is 17.9 Å². The van der Waals surface area contributed by atoms with E-state index < -0.39 is 0 Å². The average molecular weight is 276 g/mol. The van der Waals surface area contributed by atoms with Crippen molar-refractivity contribution >= 4 is 23.1 Å². The second-order valence-corrected chi connectivity index (χ2v) is 5.61. The highest BCUT2D eigenvalue weighted by atomic mass is 32.1. The molecule has 0 saturated heterocycles. The highest BCUT2D eigenvalue weighted by molar-refractivity contribution is 7.80. The molecular weight excluding hydrogens is 256 g/mol. The van der Waals surface area contributed by atoms with Crippen LogP contribution < -0.4 is 11.1 Å². The molecule has 19 heavy (non-hydrogen) atoms. The van der Waals surface area contributed by atoms with Gasteiger partial charge in [-0.3, -0.25) is 4.79 Å². The van der Waals surface area contributed by atoms with Crippen molar-refractivity contribution in [2.24, 2.45) is 11.7 Å². The molecule has 4 heteroatoms. The van der Waals surface area contributed by atoms with Crippen LogP contribution in [0.2, 0.25) is 0 Å². The van der Waals surface area contributed by atoms with Gasteiger partial charge in [0.05, 0.1) is 6.42 Å². The number of thiocarbonyl (C=S) groups is 1. The number of nitrogens with two attached hydrogens (primary N) is 1. The van der Waals surface area contributed by atoms with E-state index in [2.05, 4.69) is 5.32 Å². The molecule has 1 aliphatic rings. The number of hydrogen-bond acceptors (Lipinski definition) is 2. The fourth-order valence-corrected chi connectivity index (χ4v) is 2.37. The van der Waals surface area contributed by atoms with Crippen molar-refractivity contribution < 1.29 is 4.79 Å². The standard InChI is InChI=1S/C15H20N2OS/c16-15(19)13-6-4-12(5-7-13)10-14(18)17-9-8-11-2-1-3-11/h4-7,11H,1-3,8-10H2,(H2,16,19)(H,17,18). The van der Waals surface area contributed by atoms with E-state index in [4.69, 9.17) is 18.0 Å². The van der Waals surface area contributed by atoms with Gasteiger partial charge in [0.1, 0.15) is 4.99 Å². The fraction of sp³-hybridized carbons (Fsp3) is 0.467. The summed E-state index contributed by atoms with van der Waals surface area (Å²) >= 11 is 4.89. The van der Waals surface area contributed by atoms with Crippen molar-refractivity contribution in [1.82, 2.24) is 5.32 Å². The first-order valence-electron chi connectivity index (χ1n) is 6.80. The molecule has 1 saturated carbocycles. The minimum Gasteiger partial charge on any atom is -0.389 e. The Morgan fingerprint density at radius 2 is 2.00 bits per heavy atom. The molecule has 0 spiro atoms. The van der Waals surface area contributed by atoms with Crippen LogP contribution in [-0.4, -0.2) is 17.4 Å². The highest BCUT2D eigenvalue weighted by Gasteiger charge is 2.16. The zero-order chi connectivity index (χ0) is 13.7. The van der Waals surface area contributed by atoms with E-state index in [1.54, 1.807) is 0 Å². The van der Waals surface area contributed by atoms with Gasteiger partial charge in [0.2, 0.25) is 5.91 Å². The minimum atomic E-state index is 0.0856. The third kappa shape index (κ3) is 4.31. The molecule has 0 aromatic heterocycles. The zero-order valence-corrected chi connectivity index (χ0v) is 11.8. The van der Waals surface area contributed by atoms with Crippen molar-refractivity contribution in [1.29, 1.82) is 0 Å². The number of amides is 1. The number of hydrogen-bond donors (Lipinski definition) is 2. The smallest absolute Gasteiger partial charge is 0.224 e. The molecule has 102 valence electrons. The summed E-state index contributed by atoms with van der Waals surface area (Å²) in [4.78, 5) is 12.1. The lowest BCUT2D eigenvalue weighted by molar-refractivity contribution is -0.120. The van der Waals surface area contributed by atoms with Crippen LogP contribution in [0.5, 0.6) is 0 Å². The van der Waals surface area contributed by atoms with Gasteiger partial charge in [-0.25, -0.2) is 0 Å². The lowest BCUT2D eigenvalue weighted by atomic mass is 9.83. The first-order valence-corrected chi connectivity index (χ1v) is 7.21. The topological polar surface area (TPSA) is 55.1 Å². The molecule has 0 heterocycles. The van der Waals surface area contributed by atoms with Crippen molar-refractivity contribution in [3.63, 3.8) is 0 Å². The van der Waals surface area contributed by atoms with Gasteiger partial charge in [0.15, 0.2) is 0 Å². The summed E-state index contributed by atoms with van der Waals surface area (Å²) < 4.78 is 0. The van der Waals surface area contributed by atoms with Crippen LogP contribution in [0.15, 0.2) is 24.3 Å². The van der Waals surface area contributed by atoms with E-state index in [0.29, 0.717) is 11.4 Å². The lowest BCUT2D eigenvalue weighted by Gasteiger charge is -2.25. The maximum Gasteiger partial charge on any atom is 0.224 e. The van der Waals surface area contributed by atoms with Gasteiger partial charge >= 0.3 is 0 Å². The molecule has 0 bridgehead atoms. The number of carbonyl (C=O) groups excluding carboxylic acids is 1. The number of benzene rings is 1.